The predicted octanol–water partition coefficient (Wildman–Crippen LogP) is 6.71. The van der Waals surface area contributed by atoms with Crippen LogP contribution in [0.3, 0.4) is 0 Å². The number of nitrogens with zero attached hydrogens (tertiary/aromatic N) is 2. The lowest BCUT2D eigenvalue weighted by Gasteiger charge is -2.12. The van der Waals surface area contributed by atoms with Crippen LogP contribution in [0, 0.1) is 17.0 Å². The maximum absolute atomic E-state index is 12.8. The standard InChI is InChI=1S/C22H14Cl2N2O5S/c1-12-2-5-15(18(8-12)26(29)30)19-7-4-14(31-19)10-20-21(27)25(22(28)32-20)11-13-3-6-16(23)17(24)9-13/h2-10H,11H2,1H3/b20-10+. The molecule has 0 aliphatic carbocycles. The van der Waals surface area contributed by atoms with Crippen molar-refractivity contribution in [3.63, 3.8) is 0 Å². The molecular formula is C22H14Cl2N2O5S. The normalized spacial score (nSPS) is 15.1. The molecule has 10 heteroatoms. The summed E-state index contributed by atoms with van der Waals surface area (Å²) in [6, 6.07) is 12.9. The summed E-state index contributed by atoms with van der Waals surface area (Å²) in [5, 5.41) is 11.7. The smallest absolute Gasteiger partial charge is 0.293 e. The van der Waals surface area contributed by atoms with Gasteiger partial charge in [-0.1, -0.05) is 35.3 Å². The van der Waals surface area contributed by atoms with E-state index in [1.54, 1.807) is 49.4 Å². The molecule has 4 rings (SSSR count). The number of carbonyl (C=O) groups excluding carboxylic acids is 2. The van der Waals surface area contributed by atoms with Crippen molar-refractivity contribution in [1.82, 2.24) is 4.90 Å². The molecule has 1 saturated heterocycles. The first-order valence-corrected chi connectivity index (χ1v) is 10.8. The van der Waals surface area contributed by atoms with E-state index in [0.717, 1.165) is 22.2 Å². The number of hydrogen-bond donors (Lipinski definition) is 0. The Kier molecular flexibility index (Phi) is 6.10. The van der Waals surface area contributed by atoms with E-state index in [1.807, 2.05) is 0 Å². The van der Waals surface area contributed by atoms with Gasteiger partial charge in [0.2, 0.25) is 0 Å². The van der Waals surface area contributed by atoms with Crippen LogP contribution in [0.5, 0.6) is 0 Å². The van der Waals surface area contributed by atoms with Crippen LogP contribution in [0.4, 0.5) is 10.5 Å². The minimum atomic E-state index is -0.473. The zero-order valence-corrected chi connectivity index (χ0v) is 18.8. The van der Waals surface area contributed by atoms with Crippen LogP contribution in [0.15, 0.2) is 57.9 Å². The zero-order chi connectivity index (χ0) is 23.0. The summed E-state index contributed by atoms with van der Waals surface area (Å²) in [7, 11) is 0. The number of furan rings is 1. The molecule has 1 aliphatic rings. The molecule has 0 radical (unpaired) electrons. The van der Waals surface area contributed by atoms with E-state index >= 15 is 0 Å². The van der Waals surface area contributed by atoms with Gasteiger partial charge in [-0.2, -0.15) is 0 Å². The minimum absolute atomic E-state index is 0.0534. The highest BCUT2D eigenvalue weighted by Crippen LogP contribution is 2.36. The molecule has 3 aromatic rings. The monoisotopic (exact) mass is 488 g/mol. The fourth-order valence-corrected chi connectivity index (χ4v) is 4.30. The molecule has 0 spiro atoms. The summed E-state index contributed by atoms with van der Waals surface area (Å²) >= 11 is 12.7. The number of aryl methyl sites for hydroxylation is 1. The molecule has 7 nitrogen and oxygen atoms in total. The van der Waals surface area contributed by atoms with Crippen LogP contribution in [-0.4, -0.2) is 21.0 Å². The Morgan fingerprint density at radius 1 is 1.09 bits per heavy atom. The van der Waals surface area contributed by atoms with Gasteiger partial charge in [-0.3, -0.25) is 24.6 Å². The number of rotatable bonds is 5. The van der Waals surface area contributed by atoms with Crippen molar-refractivity contribution in [2.45, 2.75) is 13.5 Å². The molecule has 1 fully saturated rings. The van der Waals surface area contributed by atoms with Crippen LogP contribution in [0.1, 0.15) is 16.9 Å². The first-order chi connectivity index (χ1) is 15.2. The second-order valence-electron chi connectivity index (χ2n) is 7.00. The Morgan fingerprint density at radius 3 is 2.59 bits per heavy atom. The number of benzene rings is 2. The lowest BCUT2D eigenvalue weighted by atomic mass is 10.1. The number of hydrogen-bond acceptors (Lipinski definition) is 6. The molecule has 32 heavy (non-hydrogen) atoms. The van der Waals surface area contributed by atoms with E-state index in [0.29, 0.717) is 26.9 Å². The molecule has 1 aromatic heterocycles. The lowest BCUT2D eigenvalue weighted by Crippen LogP contribution is -2.27. The Hall–Kier alpha value is -3.07. The fourth-order valence-electron chi connectivity index (χ4n) is 3.16. The number of nitro benzene ring substituents is 1. The first-order valence-electron chi connectivity index (χ1n) is 9.27. The van der Waals surface area contributed by atoms with Crippen molar-refractivity contribution in [2.24, 2.45) is 0 Å². The van der Waals surface area contributed by atoms with Crippen molar-refractivity contribution >= 4 is 57.9 Å². The minimum Gasteiger partial charge on any atom is -0.456 e. The maximum atomic E-state index is 12.8. The summed E-state index contributed by atoms with van der Waals surface area (Å²) in [5.74, 6) is 0.123. The lowest BCUT2D eigenvalue weighted by molar-refractivity contribution is -0.384. The number of carbonyl (C=O) groups is 2. The van der Waals surface area contributed by atoms with Gasteiger partial charge in [-0.25, -0.2) is 0 Å². The third-order valence-electron chi connectivity index (χ3n) is 4.71. The second-order valence-corrected chi connectivity index (χ2v) is 8.80. The Labute approximate surface area is 196 Å². The average molecular weight is 489 g/mol. The SMILES string of the molecule is Cc1ccc(-c2ccc(/C=C3/SC(=O)N(Cc4ccc(Cl)c(Cl)c4)C3=O)o2)c([N+](=O)[O-])c1. The van der Waals surface area contributed by atoms with Crippen molar-refractivity contribution < 1.29 is 18.9 Å². The van der Waals surface area contributed by atoms with Crippen LogP contribution < -0.4 is 0 Å². The van der Waals surface area contributed by atoms with Gasteiger partial charge < -0.3 is 4.42 Å². The topological polar surface area (TPSA) is 93.7 Å². The van der Waals surface area contributed by atoms with Gasteiger partial charge in [0.1, 0.15) is 11.5 Å². The van der Waals surface area contributed by atoms with E-state index in [4.69, 9.17) is 27.6 Å². The number of imide groups is 1. The second kappa shape index (κ2) is 8.82. The first kappa shape index (κ1) is 22.1. The third kappa shape index (κ3) is 4.43. The van der Waals surface area contributed by atoms with Crippen LogP contribution in [0.25, 0.3) is 17.4 Å². The molecule has 1 aliphatic heterocycles. The molecule has 2 heterocycles. The number of nitro groups is 1. The van der Waals surface area contributed by atoms with Gasteiger partial charge in [0, 0.05) is 12.1 Å². The Balaban J connectivity index is 1.57. The molecule has 0 unspecified atom stereocenters. The van der Waals surface area contributed by atoms with E-state index in [2.05, 4.69) is 0 Å². The van der Waals surface area contributed by atoms with Gasteiger partial charge in [0.25, 0.3) is 16.8 Å². The number of thioether (sulfide) groups is 1. The molecule has 0 atom stereocenters. The Morgan fingerprint density at radius 2 is 1.88 bits per heavy atom. The highest BCUT2D eigenvalue weighted by molar-refractivity contribution is 8.18. The molecule has 2 aromatic carbocycles. The van der Waals surface area contributed by atoms with Gasteiger partial charge >= 0.3 is 0 Å². The zero-order valence-electron chi connectivity index (χ0n) is 16.5. The van der Waals surface area contributed by atoms with Gasteiger partial charge in [0.15, 0.2) is 0 Å². The van der Waals surface area contributed by atoms with Crippen molar-refractivity contribution in [3.05, 3.63) is 90.5 Å². The summed E-state index contributed by atoms with van der Waals surface area (Å²) in [6.45, 7) is 1.82. The van der Waals surface area contributed by atoms with Crippen molar-refractivity contribution in [3.8, 4) is 11.3 Å². The van der Waals surface area contributed by atoms with E-state index in [9.17, 15) is 19.7 Å². The van der Waals surface area contributed by atoms with Crippen LogP contribution >= 0.6 is 35.0 Å². The Bertz CT molecular complexity index is 1300. The highest BCUT2D eigenvalue weighted by atomic mass is 35.5. The molecule has 2 amide bonds. The molecule has 0 saturated carbocycles. The largest absolute Gasteiger partial charge is 0.456 e. The van der Waals surface area contributed by atoms with Gasteiger partial charge in [0.05, 0.1) is 32.0 Å². The van der Waals surface area contributed by atoms with Crippen LogP contribution in [-0.2, 0) is 11.3 Å². The number of halogens is 2. The van der Waals surface area contributed by atoms with Crippen molar-refractivity contribution in [1.29, 1.82) is 0 Å². The van der Waals surface area contributed by atoms with E-state index in [1.165, 1.54) is 12.1 Å². The van der Waals surface area contributed by atoms with E-state index in [-0.39, 0.29) is 22.9 Å². The van der Waals surface area contributed by atoms with Gasteiger partial charge in [-0.05, 0) is 60.1 Å². The average Bonchev–Trinajstić information content (AvgIpc) is 3.31. The predicted molar refractivity (Wildman–Crippen MR) is 124 cm³/mol. The summed E-state index contributed by atoms with van der Waals surface area (Å²) in [6.07, 6.45) is 1.45. The molecule has 162 valence electrons. The summed E-state index contributed by atoms with van der Waals surface area (Å²) < 4.78 is 5.72. The molecular weight excluding hydrogens is 475 g/mol. The molecule has 0 bridgehead atoms. The third-order valence-corrected chi connectivity index (χ3v) is 6.36. The number of amides is 2. The summed E-state index contributed by atoms with van der Waals surface area (Å²) in [4.78, 5) is 37.3. The highest BCUT2D eigenvalue weighted by Gasteiger charge is 2.35. The van der Waals surface area contributed by atoms with E-state index < -0.39 is 16.1 Å². The van der Waals surface area contributed by atoms with Gasteiger partial charge in [-0.15, -0.1) is 0 Å². The van der Waals surface area contributed by atoms with Crippen molar-refractivity contribution in [2.75, 3.05) is 0 Å². The fraction of sp³-hybridized carbons (Fsp3) is 0.0909. The van der Waals surface area contributed by atoms with Crippen LogP contribution in [0.2, 0.25) is 10.0 Å². The maximum Gasteiger partial charge on any atom is 0.293 e. The molecule has 0 N–H and O–H groups in total. The summed E-state index contributed by atoms with van der Waals surface area (Å²) in [5.41, 5.74) is 1.67. The quantitative estimate of drug-likeness (QED) is 0.225.